The monoisotopic (exact) mass is 339 g/mol. The van der Waals surface area contributed by atoms with Crippen molar-refractivity contribution in [3.05, 3.63) is 69.5 Å². The van der Waals surface area contributed by atoms with Gasteiger partial charge >= 0.3 is 11.4 Å². The molecule has 2 aromatic heterocycles. The normalized spacial score (nSPS) is 11.2. The zero-order valence-corrected chi connectivity index (χ0v) is 13.6. The van der Waals surface area contributed by atoms with E-state index in [-0.39, 0.29) is 0 Å². The van der Waals surface area contributed by atoms with Crippen molar-refractivity contribution in [1.29, 1.82) is 0 Å². The molecule has 0 N–H and O–H groups in total. The van der Waals surface area contributed by atoms with Crippen molar-refractivity contribution in [2.75, 3.05) is 6.61 Å². The average Bonchev–Trinajstić information content (AvgIpc) is 2.93. The molecule has 2 aromatic carbocycles. The van der Waals surface area contributed by atoms with Crippen molar-refractivity contribution in [1.82, 2.24) is 14.0 Å². The molecule has 7 heteroatoms. The fourth-order valence-electron chi connectivity index (χ4n) is 2.63. The largest absolute Gasteiger partial charge is 0.494 e. The first-order chi connectivity index (χ1) is 11.7. The fraction of sp³-hybridized carbons (Fsp3) is 0.118. The molecule has 0 saturated carbocycles. The third kappa shape index (κ3) is 2.21. The molecule has 4 rings (SSSR count). The van der Waals surface area contributed by atoms with Crippen molar-refractivity contribution in [2.24, 2.45) is 0 Å². The van der Waals surface area contributed by atoms with Gasteiger partial charge in [-0.3, -0.25) is 0 Å². The van der Waals surface area contributed by atoms with Gasteiger partial charge in [0.05, 0.1) is 22.5 Å². The second-order valence-electron chi connectivity index (χ2n) is 5.13. The van der Waals surface area contributed by atoms with Crippen LogP contribution in [0.15, 0.2) is 58.1 Å². The van der Waals surface area contributed by atoms with Crippen LogP contribution in [-0.4, -0.2) is 20.6 Å². The third-order valence-corrected chi connectivity index (χ3v) is 4.66. The number of nitrogens with zero attached hydrogens (tertiary/aromatic N) is 3. The lowest BCUT2D eigenvalue weighted by Gasteiger charge is -2.05. The predicted octanol–water partition coefficient (Wildman–Crippen LogP) is 2.46. The van der Waals surface area contributed by atoms with Gasteiger partial charge in [-0.25, -0.2) is 18.6 Å². The summed E-state index contributed by atoms with van der Waals surface area (Å²) >= 11 is 1.29. The van der Waals surface area contributed by atoms with E-state index in [1.165, 1.54) is 15.7 Å². The van der Waals surface area contributed by atoms with Gasteiger partial charge in [0.15, 0.2) is 0 Å². The van der Waals surface area contributed by atoms with Gasteiger partial charge in [-0.15, -0.1) is 0 Å². The molecule has 0 bridgehead atoms. The highest BCUT2D eigenvalue weighted by Crippen LogP contribution is 2.27. The van der Waals surface area contributed by atoms with Crippen LogP contribution in [0.4, 0.5) is 0 Å². The standard InChI is InChI=1S/C17H13N3O3S/c1-2-23-12-8-9-13-14(10-12)24-16-18-15(21)19(17(22)20(13)16)11-6-4-3-5-7-11/h3-10H,2H2,1H3. The maximum Gasteiger partial charge on any atom is 0.359 e. The van der Waals surface area contributed by atoms with Crippen LogP contribution < -0.4 is 16.1 Å². The number of hydrogen-bond donors (Lipinski definition) is 0. The molecule has 0 radical (unpaired) electrons. The number of aromatic nitrogens is 3. The molecule has 6 nitrogen and oxygen atoms in total. The van der Waals surface area contributed by atoms with E-state index in [2.05, 4.69) is 4.98 Å². The van der Waals surface area contributed by atoms with Crippen LogP contribution >= 0.6 is 11.3 Å². The van der Waals surface area contributed by atoms with Gasteiger partial charge in [-0.2, -0.15) is 4.98 Å². The van der Waals surface area contributed by atoms with E-state index < -0.39 is 11.4 Å². The summed E-state index contributed by atoms with van der Waals surface area (Å²) in [4.78, 5) is 29.7. The fourth-order valence-corrected chi connectivity index (χ4v) is 3.66. The van der Waals surface area contributed by atoms with E-state index in [4.69, 9.17) is 4.74 Å². The number of para-hydroxylation sites is 1. The van der Waals surface area contributed by atoms with Crippen molar-refractivity contribution in [3.8, 4) is 11.4 Å². The Bertz CT molecular complexity index is 1160. The zero-order chi connectivity index (χ0) is 16.7. The molecular formula is C17H13N3O3S. The molecule has 120 valence electrons. The summed E-state index contributed by atoms with van der Waals surface area (Å²) in [7, 11) is 0. The first kappa shape index (κ1) is 14.6. The summed E-state index contributed by atoms with van der Waals surface area (Å²) in [6.45, 7) is 2.47. The molecule has 2 heterocycles. The Labute approximate surface area is 140 Å². The number of ether oxygens (including phenoxy) is 1. The van der Waals surface area contributed by atoms with Crippen LogP contribution in [0.3, 0.4) is 0 Å². The van der Waals surface area contributed by atoms with E-state index >= 15 is 0 Å². The molecular weight excluding hydrogens is 326 g/mol. The highest BCUT2D eigenvalue weighted by Gasteiger charge is 2.14. The van der Waals surface area contributed by atoms with Crippen molar-refractivity contribution < 1.29 is 4.74 Å². The number of benzene rings is 2. The number of fused-ring (bicyclic) bond motifs is 3. The number of hydrogen-bond acceptors (Lipinski definition) is 5. The lowest BCUT2D eigenvalue weighted by molar-refractivity contribution is 0.341. The van der Waals surface area contributed by atoms with E-state index in [0.717, 1.165) is 15.0 Å². The summed E-state index contributed by atoms with van der Waals surface area (Å²) in [6, 6.07) is 14.3. The maximum atomic E-state index is 12.9. The van der Waals surface area contributed by atoms with E-state index in [9.17, 15) is 9.59 Å². The minimum atomic E-state index is -0.581. The molecule has 0 aliphatic heterocycles. The SMILES string of the molecule is CCOc1ccc2c(c1)sc1nc(=O)n(-c3ccccc3)c(=O)n12. The van der Waals surface area contributed by atoms with Gasteiger partial charge in [0.1, 0.15) is 5.75 Å². The van der Waals surface area contributed by atoms with Gasteiger partial charge < -0.3 is 4.74 Å². The third-order valence-electron chi connectivity index (χ3n) is 3.66. The Hall–Kier alpha value is -2.93. The molecule has 0 aliphatic rings. The molecule has 4 aromatic rings. The van der Waals surface area contributed by atoms with Crippen molar-refractivity contribution in [2.45, 2.75) is 6.92 Å². The zero-order valence-electron chi connectivity index (χ0n) is 12.8. The average molecular weight is 339 g/mol. The Morgan fingerprint density at radius 1 is 1.12 bits per heavy atom. The van der Waals surface area contributed by atoms with Gasteiger partial charge in [0, 0.05) is 0 Å². The molecule has 24 heavy (non-hydrogen) atoms. The van der Waals surface area contributed by atoms with Crippen molar-refractivity contribution in [3.63, 3.8) is 0 Å². The quantitative estimate of drug-likeness (QED) is 0.575. The summed E-state index contributed by atoms with van der Waals surface area (Å²) in [6.07, 6.45) is 0. The minimum Gasteiger partial charge on any atom is -0.494 e. The van der Waals surface area contributed by atoms with Crippen LogP contribution in [0, 0.1) is 0 Å². The second kappa shape index (κ2) is 5.61. The van der Waals surface area contributed by atoms with Gasteiger partial charge in [-0.1, -0.05) is 29.5 Å². The first-order valence-corrected chi connectivity index (χ1v) is 8.27. The topological polar surface area (TPSA) is 65.6 Å². The van der Waals surface area contributed by atoms with Crippen LogP contribution in [-0.2, 0) is 0 Å². The maximum absolute atomic E-state index is 12.9. The molecule has 0 saturated heterocycles. The highest BCUT2D eigenvalue weighted by molar-refractivity contribution is 7.23. The van der Waals surface area contributed by atoms with Crippen LogP contribution in [0.2, 0.25) is 0 Å². The van der Waals surface area contributed by atoms with Crippen molar-refractivity contribution >= 4 is 26.5 Å². The summed E-state index contributed by atoms with van der Waals surface area (Å²) < 4.78 is 8.87. The predicted molar refractivity (Wildman–Crippen MR) is 93.6 cm³/mol. The van der Waals surface area contributed by atoms with E-state index in [0.29, 0.717) is 22.8 Å². The van der Waals surface area contributed by atoms with Gasteiger partial charge in [-0.05, 0) is 37.3 Å². The minimum absolute atomic E-state index is 0.376. The van der Waals surface area contributed by atoms with E-state index in [1.807, 2.05) is 31.2 Å². The first-order valence-electron chi connectivity index (χ1n) is 7.45. The Kier molecular flexibility index (Phi) is 3.42. The molecule has 0 spiro atoms. The Morgan fingerprint density at radius 2 is 1.92 bits per heavy atom. The molecule has 0 fully saturated rings. The second-order valence-corrected chi connectivity index (χ2v) is 6.14. The summed E-state index contributed by atoms with van der Waals surface area (Å²) in [5, 5.41) is 0. The lowest BCUT2D eigenvalue weighted by atomic mass is 10.3. The molecule has 0 aliphatic carbocycles. The Balaban J connectivity index is 2.06. The van der Waals surface area contributed by atoms with Crippen LogP contribution in [0.5, 0.6) is 5.75 Å². The van der Waals surface area contributed by atoms with Crippen LogP contribution in [0.25, 0.3) is 20.9 Å². The molecule has 0 atom stereocenters. The van der Waals surface area contributed by atoms with Crippen LogP contribution in [0.1, 0.15) is 6.92 Å². The lowest BCUT2D eigenvalue weighted by Crippen LogP contribution is -2.37. The highest BCUT2D eigenvalue weighted by atomic mass is 32.1. The van der Waals surface area contributed by atoms with E-state index in [1.54, 1.807) is 24.3 Å². The summed E-state index contributed by atoms with van der Waals surface area (Å²) in [5.74, 6) is 0.725. The summed E-state index contributed by atoms with van der Waals surface area (Å²) in [5.41, 5.74) is 0.203. The van der Waals surface area contributed by atoms with Gasteiger partial charge in [0.25, 0.3) is 0 Å². The van der Waals surface area contributed by atoms with Gasteiger partial charge in [0.2, 0.25) is 4.96 Å². The molecule has 0 unspecified atom stereocenters. The number of thiazole rings is 1. The Morgan fingerprint density at radius 3 is 2.67 bits per heavy atom. The molecule has 0 amide bonds. The smallest absolute Gasteiger partial charge is 0.359 e. The number of rotatable bonds is 3.